The largest absolute Gasteiger partial charge is 0.383 e. The Labute approximate surface area is 120 Å². The number of nitrogens with zero attached hydrogens (tertiary/aromatic N) is 2. The van der Waals surface area contributed by atoms with E-state index in [1.54, 1.807) is 0 Å². The van der Waals surface area contributed by atoms with Crippen LogP contribution in [0.25, 0.3) is 0 Å². The average Bonchev–Trinajstić information content (AvgIpc) is 2.25. The quantitative estimate of drug-likeness (QED) is 0.765. The third-order valence-corrected chi connectivity index (χ3v) is 2.65. The molecule has 4 N–H and O–H groups in total. The number of carbonyl (C=O) groups excluding carboxylic acids is 1. The molecule has 20 heavy (non-hydrogen) atoms. The summed E-state index contributed by atoms with van der Waals surface area (Å²) >= 11 is 0. The van der Waals surface area contributed by atoms with Gasteiger partial charge >= 0.3 is 0 Å². The van der Waals surface area contributed by atoms with Crippen LogP contribution in [-0.2, 0) is 4.79 Å². The molecule has 0 saturated heterocycles. The summed E-state index contributed by atoms with van der Waals surface area (Å²) in [7, 11) is 0. The van der Waals surface area contributed by atoms with Crippen molar-refractivity contribution in [3.05, 3.63) is 11.9 Å². The molecule has 0 spiro atoms. The highest BCUT2D eigenvalue weighted by Crippen LogP contribution is 2.25. The number of rotatable bonds is 5. The maximum Gasteiger partial charge on any atom is 0.222 e. The van der Waals surface area contributed by atoms with Crippen molar-refractivity contribution >= 4 is 17.5 Å². The fourth-order valence-corrected chi connectivity index (χ4v) is 1.89. The minimum Gasteiger partial charge on any atom is -0.383 e. The van der Waals surface area contributed by atoms with Gasteiger partial charge in [-0.3, -0.25) is 4.79 Å². The lowest BCUT2D eigenvalue weighted by molar-refractivity contribution is -0.122. The Morgan fingerprint density at radius 1 is 1.35 bits per heavy atom. The third-order valence-electron chi connectivity index (χ3n) is 2.65. The van der Waals surface area contributed by atoms with E-state index in [2.05, 4.69) is 20.6 Å². The molecule has 0 bridgehead atoms. The van der Waals surface area contributed by atoms with Crippen molar-refractivity contribution in [2.45, 2.75) is 52.5 Å². The van der Waals surface area contributed by atoms with Crippen molar-refractivity contribution in [2.24, 2.45) is 0 Å². The molecule has 1 aromatic rings. The van der Waals surface area contributed by atoms with Crippen LogP contribution in [0.15, 0.2) is 6.33 Å². The minimum atomic E-state index is -0.209. The van der Waals surface area contributed by atoms with Gasteiger partial charge in [0.15, 0.2) is 0 Å². The van der Waals surface area contributed by atoms with E-state index in [4.69, 9.17) is 5.73 Å². The minimum absolute atomic E-state index is 0.0122. The lowest BCUT2D eigenvalue weighted by Gasteiger charge is -2.20. The molecule has 0 aromatic carbocycles. The molecule has 0 saturated carbocycles. The van der Waals surface area contributed by atoms with E-state index < -0.39 is 0 Å². The first kappa shape index (κ1) is 16.2. The van der Waals surface area contributed by atoms with Crippen molar-refractivity contribution in [1.29, 1.82) is 0 Å². The van der Waals surface area contributed by atoms with Gasteiger partial charge < -0.3 is 16.4 Å². The standard InChI is InChI=1S/C14H25N5O/c1-9(2)11-12(15)17-8-18-13(11)16-7-6-10(20)19-14(3,4)5/h8-9H,6-7H2,1-5H3,(H,19,20)(H3,15,16,17,18). The van der Waals surface area contributed by atoms with E-state index >= 15 is 0 Å². The Hall–Kier alpha value is -1.85. The lowest BCUT2D eigenvalue weighted by Crippen LogP contribution is -2.41. The van der Waals surface area contributed by atoms with Gasteiger partial charge in [0.1, 0.15) is 18.0 Å². The van der Waals surface area contributed by atoms with Gasteiger partial charge in [-0.15, -0.1) is 0 Å². The summed E-state index contributed by atoms with van der Waals surface area (Å²) in [5.41, 5.74) is 6.55. The molecule has 0 aliphatic carbocycles. The van der Waals surface area contributed by atoms with Crippen LogP contribution in [0.4, 0.5) is 11.6 Å². The first-order valence-electron chi connectivity index (χ1n) is 6.86. The van der Waals surface area contributed by atoms with Gasteiger partial charge in [-0.2, -0.15) is 0 Å². The van der Waals surface area contributed by atoms with Gasteiger partial charge in [0.05, 0.1) is 0 Å². The zero-order valence-electron chi connectivity index (χ0n) is 12.9. The molecule has 0 aliphatic heterocycles. The Kier molecular flexibility index (Phi) is 5.30. The molecule has 0 radical (unpaired) electrons. The van der Waals surface area contributed by atoms with Crippen LogP contribution in [-0.4, -0.2) is 28.0 Å². The number of hydrogen-bond acceptors (Lipinski definition) is 5. The van der Waals surface area contributed by atoms with Crippen LogP contribution in [0.5, 0.6) is 0 Å². The summed E-state index contributed by atoms with van der Waals surface area (Å²) in [4.78, 5) is 19.9. The van der Waals surface area contributed by atoms with Crippen molar-refractivity contribution in [2.75, 3.05) is 17.6 Å². The number of nitrogens with one attached hydrogen (secondary N) is 2. The van der Waals surface area contributed by atoms with Crippen molar-refractivity contribution < 1.29 is 4.79 Å². The topological polar surface area (TPSA) is 92.9 Å². The maximum atomic E-state index is 11.7. The summed E-state index contributed by atoms with van der Waals surface area (Å²) in [6.45, 7) is 10.5. The second-order valence-electron chi connectivity index (χ2n) is 6.15. The number of aromatic nitrogens is 2. The predicted molar refractivity (Wildman–Crippen MR) is 81.5 cm³/mol. The first-order valence-corrected chi connectivity index (χ1v) is 6.86. The summed E-state index contributed by atoms with van der Waals surface area (Å²) < 4.78 is 0. The fraction of sp³-hybridized carbons (Fsp3) is 0.643. The van der Waals surface area contributed by atoms with Gasteiger partial charge in [0.25, 0.3) is 0 Å². The molecule has 6 nitrogen and oxygen atoms in total. The Balaban J connectivity index is 2.59. The van der Waals surface area contributed by atoms with Gasteiger partial charge in [0.2, 0.25) is 5.91 Å². The Morgan fingerprint density at radius 3 is 2.55 bits per heavy atom. The second-order valence-corrected chi connectivity index (χ2v) is 6.15. The van der Waals surface area contributed by atoms with Crippen LogP contribution >= 0.6 is 0 Å². The van der Waals surface area contributed by atoms with Gasteiger partial charge in [-0.1, -0.05) is 13.8 Å². The van der Waals surface area contributed by atoms with E-state index in [1.165, 1.54) is 6.33 Å². The zero-order chi connectivity index (χ0) is 15.3. The van der Waals surface area contributed by atoms with Gasteiger partial charge in [-0.05, 0) is 26.7 Å². The monoisotopic (exact) mass is 279 g/mol. The highest BCUT2D eigenvalue weighted by Gasteiger charge is 2.15. The summed E-state index contributed by atoms with van der Waals surface area (Å²) in [5, 5.41) is 6.08. The maximum absolute atomic E-state index is 11.7. The van der Waals surface area contributed by atoms with E-state index in [-0.39, 0.29) is 17.4 Å². The van der Waals surface area contributed by atoms with Crippen molar-refractivity contribution in [3.63, 3.8) is 0 Å². The van der Waals surface area contributed by atoms with Crippen molar-refractivity contribution in [3.8, 4) is 0 Å². The van der Waals surface area contributed by atoms with E-state index in [1.807, 2.05) is 34.6 Å². The molecule has 0 unspecified atom stereocenters. The molecule has 1 aromatic heterocycles. The highest BCUT2D eigenvalue weighted by atomic mass is 16.1. The molecule has 6 heteroatoms. The molecular formula is C14H25N5O. The van der Waals surface area contributed by atoms with Crippen LogP contribution < -0.4 is 16.4 Å². The second kappa shape index (κ2) is 6.54. The molecule has 0 atom stereocenters. The SMILES string of the molecule is CC(C)c1c(N)ncnc1NCCC(=O)NC(C)(C)C. The van der Waals surface area contributed by atoms with Crippen LogP contribution in [0, 0.1) is 0 Å². The predicted octanol–water partition coefficient (Wildman–Crippen LogP) is 1.90. The zero-order valence-corrected chi connectivity index (χ0v) is 12.9. The molecule has 0 aliphatic rings. The Bertz CT molecular complexity index is 465. The fourth-order valence-electron chi connectivity index (χ4n) is 1.89. The van der Waals surface area contributed by atoms with Gasteiger partial charge in [-0.25, -0.2) is 9.97 Å². The molecule has 1 rings (SSSR count). The van der Waals surface area contributed by atoms with Gasteiger partial charge in [0, 0.05) is 24.1 Å². The van der Waals surface area contributed by atoms with E-state index in [0.717, 1.165) is 5.56 Å². The first-order chi connectivity index (χ1) is 9.20. The normalized spacial score (nSPS) is 11.5. The number of hydrogen-bond donors (Lipinski definition) is 3. The lowest BCUT2D eigenvalue weighted by atomic mass is 10.0. The smallest absolute Gasteiger partial charge is 0.222 e. The average molecular weight is 279 g/mol. The van der Waals surface area contributed by atoms with Crippen molar-refractivity contribution in [1.82, 2.24) is 15.3 Å². The molecular weight excluding hydrogens is 254 g/mol. The number of nitrogens with two attached hydrogens (primary N) is 1. The summed E-state index contributed by atoms with van der Waals surface area (Å²) in [5.74, 6) is 1.42. The van der Waals surface area contributed by atoms with Crippen LogP contribution in [0.2, 0.25) is 0 Å². The number of amides is 1. The Morgan fingerprint density at radius 2 is 2.00 bits per heavy atom. The number of carbonyl (C=O) groups is 1. The van der Waals surface area contributed by atoms with E-state index in [9.17, 15) is 4.79 Å². The molecule has 0 fully saturated rings. The molecule has 1 heterocycles. The number of nitrogen functional groups attached to an aromatic ring is 1. The van der Waals surface area contributed by atoms with Crippen LogP contribution in [0.1, 0.15) is 52.5 Å². The summed E-state index contributed by atoms with van der Waals surface area (Å²) in [6.07, 6.45) is 1.82. The van der Waals surface area contributed by atoms with E-state index in [0.29, 0.717) is 24.6 Å². The number of anilines is 2. The highest BCUT2D eigenvalue weighted by molar-refractivity contribution is 5.77. The summed E-state index contributed by atoms with van der Waals surface area (Å²) in [6, 6.07) is 0. The molecule has 1 amide bonds. The molecule has 112 valence electrons. The van der Waals surface area contributed by atoms with Crippen LogP contribution in [0.3, 0.4) is 0 Å². The third kappa shape index (κ3) is 5.03.